The lowest BCUT2D eigenvalue weighted by Crippen LogP contribution is -2.45. The van der Waals surface area contributed by atoms with Gasteiger partial charge in [-0.05, 0) is 37.1 Å². The van der Waals surface area contributed by atoms with E-state index in [4.69, 9.17) is 26.8 Å². The first-order valence-electron chi connectivity index (χ1n) is 12.9. The maximum atomic E-state index is 13.2. The number of methoxy groups -OCH3 is 1. The van der Waals surface area contributed by atoms with Crippen LogP contribution in [0.15, 0.2) is 24.3 Å². The SMILES string of the molecule is COC(=O)Nc1nc2ccc(N3CCC(OC(=O)c4cc(Cl)c(N)c5c4OCC5)CC3CCCC=O)cc2[nH]1.O. The highest BCUT2D eigenvalue weighted by Crippen LogP contribution is 2.39. The number of anilines is 3. The molecule has 3 aromatic rings. The molecule has 1 saturated heterocycles. The van der Waals surface area contributed by atoms with Crippen LogP contribution in [0.4, 0.5) is 22.1 Å². The number of hydrogen-bond acceptors (Lipinski definition) is 9. The van der Waals surface area contributed by atoms with Crippen LogP contribution in [0.3, 0.4) is 0 Å². The Kier molecular flexibility index (Phi) is 9.00. The molecule has 0 radical (unpaired) electrons. The second-order valence-corrected chi connectivity index (χ2v) is 10.0. The molecule has 1 fully saturated rings. The van der Waals surface area contributed by atoms with Gasteiger partial charge in [0.25, 0.3) is 0 Å². The van der Waals surface area contributed by atoms with E-state index in [0.29, 0.717) is 72.3 Å². The van der Waals surface area contributed by atoms with Crippen molar-refractivity contribution in [2.24, 2.45) is 0 Å². The van der Waals surface area contributed by atoms with Crippen molar-refractivity contribution in [2.75, 3.05) is 36.2 Å². The summed E-state index contributed by atoms with van der Waals surface area (Å²) in [6.45, 7) is 1.09. The van der Waals surface area contributed by atoms with Gasteiger partial charge in [-0.15, -0.1) is 0 Å². The van der Waals surface area contributed by atoms with Crippen LogP contribution in [0.2, 0.25) is 5.02 Å². The fraction of sp³-hybridized carbons (Fsp3) is 0.407. The molecule has 2 aliphatic rings. The number of carbonyl (C=O) groups excluding carboxylic acids is 3. The highest BCUT2D eigenvalue weighted by molar-refractivity contribution is 6.33. The topological polar surface area (TPSA) is 180 Å². The van der Waals surface area contributed by atoms with Gasteiger partial charge in [-0.3, -0.25) is 5.32 Å². The smallest absolute Gasteiger partial charge is 0.413 e. The Morgan fingerprint density at radius 1 is 1.35 bits per heavy atom. The van der Waals surface area contributed by atoms with Crippen molar-refractivity contribution in [3.8, 4) is 5.75 Å². The molecular formula is C27H32ClN5O7. The number of piperidine rings is 1. The number of imidazole rings is 1. The summed E-state index contributed by atoms with van der Waals surface area (Å²) in [5.74, 6) is 0.265. The molecule has 5 rings (SSSR count). The largest absolute Gasteiger partial charge is 0.492 e. The number of unbranched alkanes of at least 4 members (excludes halogenated alkanes) is 1. The summed E-state index contributed by atoms with van der Waals surface area (Å²) in [7, 11) is 1.28. The maximum Gasteiger partial charge on any atom is 0.413 e. The Balaban J connectivity index is 0.00000370. The number of nitrogen functional groups attached to an aromatic ring is 1. The van der Waals surface area contributed by atoms with Gasteiger partial charge in [0.2, 0.25) is 5.95 Å². The van der Waals surface area contributed by atoms with Gasteiger partial charge in [0.05, 0.1) is 35.5 Å². The van der Waals surface area contributed by atoms with Crippen molar-refractivity contribution >= 4 is 58.3 Å². The summed E-state index contributed by atoms with van der Waals surface area (Å²) in [5.41, 5.74) is 9.97. The number of aldehydes is 1. The zero-order valence-electron chi connectivity index (χ0n) is 22.0. The van der Waals surface area contributed by atoms with Crippen LogP contribution < -0.4 is 20.7 Å². The number of aromatic amines is 1. The number of nitrogens with zero attached hydrogens (tertiary/aromatic N) is 2. The Hall–Kier alpha value is -4.03. The standard InChI is InChI=1S/C27H30ClN5O6.H2O/c1-37-27(36)32-26-30-21-6-5-16(13-22(21)31-26)33-9-7-17(12-15(33)4-2-3-10-34)39-25(35)19-14-20(28)23(29)18-8-11-38-24(18)19;/h5-6,10,13-15,17H,2-4,7-9,11-12,29H2,1H3,(H2,30,31,32,36);1H2. The average molecular weight is 574 g/mol. The highest BCUT2D eigenvalue weighted by atomic mass is 35.5. The van der Waals surface area contributed by atoms with Gasteiger partial charge in [0, 0.05) is 49.5 Å². The fourth-order valence-electron chi connectivity index (χ4n) is 5.29. The van der Waals surface area contributed by atoms with E-state index in [1.165, 1.54) is 13.2 Å². The van der Waals surface area contributed by atoms with Crippen LogP contribution in [0.5, 0.6) is 5.75 Å². The van der Waals surface area contributed by atoms with Crippen LogP contribution in [0.25, 0.3) is 11.0 Å². The van der Waals surface area contributed by atoms with E-state index in [1.54, 1.807) is 0 Å². The van der Waals surface area contributed by atoms with Crippen LogP contribution in [0.1, 0.15) is 48.0 Å². The van der Waals surface area contributed by atoms with E-state index in [-0.39, 0.29) is 17.6 Å². The predicted octanol–water partition coefficient (Wildman–Crippen LogP) is 3.65. The molecular weight excluding hydrogens is 542 g/mol. The first kappa shape index (κ1) is 29.0. The summed E-state index contributed by atoms with van der Waals surface area (Å²) in [6.07, 6.45) is 3.76. The van der Waals surface area contributed by atoms with Crippen molar-refractivity contribution in [2.45, 2.75) is 50.7 Å². The molecule has 40 heavy (non-hydrogen) atoms. The fourth-order valence-corrected chi connectivity index (χ4v) is 5.51. The molecule has 0 saturated carbocycles. The van der Waals surface area contributed by atoms with Crippen molar-refractivity contribution < 1.29 is 34.1 Å². The van der Waals surface area contributed by atoms with Crippen LogP contribution in [0, 0.1) is 0 Å². The van der Waals surface area contributed by atoms with E-state index in [2.05, 4.69) is 24.9 Å². The second kappa shape index (κ2) is 12.4. The number of H-pyrrole nitrogens is 1. The summed E-state index contributed by atoms with van der Waals surface area (Å²) < 4.78 is 16.3. The van der Waals surface area contributed by atoms with E-state index in [9.17, 15) is 14.4 Å². The quantitative estimate of drug-likeness (QED) is 0.157. The number of amides is 1. The van der Waals surface area contributed by atoms with E-state index >= 15 is 0 Å². The summed E-state index contributed by atoms with van der Waals surface area (Å²) in [4.78, 5) is 45.5. The Morgan fingerprint density at radius 3 is 2.95 bits per heavy atom. The molecule has 13 heteroatoms. The number of nitrogens with one attached hydrogen (secondary N) is 2. The van der Waals surface area contributed by atoms with Gasteiger partial charge < -0.3 is 40.1 Å². The van der Waals surface area contributed by atoms with E-state index in [0.717, 1.165) is 35.9 Å². The Labute approximate surface area is 235 Å². The van der Waals surface area contributed by atoms with Gasteiger partial charge in [-0.2, -0.15) is 0 Å². The molecule has 2 aromatic carbocycles. The maximum absolute atomic E-state index is 13.2. The average Bonchev–Trinajstić information content (AvgIpc) is 3.57. The third-order valence-electron chi connectivity index (χ3n) is 7.19. The molecule has 1 amide bonds. The third kappa shape index (κ3) is 5.92. The lowest BCUT2D eigenvalue weighted by atomic mass is 9.94. The van der Waals surface area contributed by atoms with Gasteiger partial charge in [0.1, 0.15) is 23.7 Å². The number of halogens is 1. The van der Waals surface area contributed by atoms with Crippen LogP contribution in [-0.2, 0) is 20.7 Å². The minimum atomic E-state index is -0.612. The molecule has 6 N–H and O–H groups in total. The van der Waals surface area contributed by atoms with Crippen LogP contribution >= 0.6 is 11.6 Å². The van der Waals surface area contributed by atoms with E-state index in [1.807, 2.05) is 18.2 Å². The molecule has 12 nitrogen and oxygen atoms in total. The lowest BCUT2D eigenvalue weighted by molar-refractivity contribution is -0.107. The minimum absolute atomic E-state index is 0. The predicted molar refractivity (Wildman–Crippen MR) is 150 cm³/mol. The Bertz CT molecular complexity index is 1410. The molecule has 3 heterocycles. The number of nitrogens with two attached hydrogens (primary N) is 1. The molecule has 2 unspecified atom stereocenters. The monoisotopic (exact) mass is 573 g/mol. The molecule has 0 spiro atoms. The number of esters is 1. The van der Waals surface area contributed by atoms with Crippen molar-refractivity contribution in [1.29, 1.82) is 0 Å². The number of hydrogen-bond donors (Lipinski definition) is 3. The number of aromatic nitrogens is 2. The van der Waals surface area contributed by atoms with E-state index < -0.39 is 12.1 Å². The summed E-state index contributed by atoms with van der Waals surface area (Å²) in [5, 5.41) is 2.85. The molecule has 0 aliphatic carbocycles. The summed E-state index contributed by atoms with van der Waals surface area (Å²) >= 11 is 6.28. The van der Waals surface area contributed by atoms with Crippen molar-refractivity contribution in [3.63, 3.8) is 0 Å². The van der Waals surface area contributed by atoms with Gasteiger partial charge >= 0.3 is 12.1 Å². The normalized spacial score (nSPS) is 17.9. The molecule has 0 bridgehead atoms. The first-order chi connectivity index (χ1) is 18.9. The van der Waals surface area contributed by atoms with Gasteiger partial charge in [0.15, 0.2) is 0 Å². The molecule has 2 atom stereocenters. The van der Waals surface area contributed by atoms with Crippen molar-refractivity contribution in [3.05, 3.63) is 40.4 Å². The summed E-state index contributed by atoms with van der Waals surface area (Å²) in [6, 6.07) is 7.39. The lowest BCUT2D eigenvalue weighted by Gasteiger charge is -2.41. The highest BCUT2D eigenvalue weighted by Gasteiger charge is 2.33. The first-order valence-corrected chi connectivity index (χ1v) is 13.2. The Morgan fingerprint density at radius 2 is 2.17 bits per heavy atom. The molecule has 214 valence electrons. The molecule has 2 aliphatic heterocycles. The van der Waals surface area contributed by atoms with Crippen LogP contribution in [-0.4, -0.2) is 66.2 Å². The van der Waals surface area contributed by atoms with Gasteiger partial charge in [-0.1, -0.05) is 11.6 Å². The number of carbonyl (C=O) groups is 3. The minimum Gasteiger partial charge on any atom is -0.492 e. The zero-order chi connectivity index (χ0) is 27.5. The number of benzene rings is 2. The zero-order valence-corrected chi connectivity index (χ0v) is 22.8. The second-order valence-electron chi connectivity index (χ2n) is 9.63. The number of ether oxygens (including phenoxy) is 3. The number of fused-ring (bicyclic) bond motifs is 2. The van der Waals surface area contributed by atoms with Gasteiger partial charge in [-0.25, -0.2) is 14.6 Å². The van der Waals surface area contributed by atoms with Crippen molar-refractivity contribution in [1.82, 2.24) is 9.97 Å². The molecule has 1 aromatic heterocycles. The number of rotatable bonds is 8. The third-order valence-corrected chi connectivity index (χ3v) is 7.51.